The maximum atomic E-state index is 5.66. The van der Waals surface area contributed by atoms with E-state index in [-0.39, 0.29) is 6.10 Å². The van der Waals surface area contributed by atoms with Crippen molar-refractivity contribution in [3.63, 3.8) is 0 Å². The van der Waals surface area contributed by atoms with Gasteiger partial charge in [-0.1, -0.05) is 81.3 Å². The monoisotopic (exact) mass is 401 g/mol. The minimum absolute atomic E-state index is 0.116. The summed E-state index contributed by atoms with van der Waals surface area (Å²) in [6.45, 7) is 10.7. The maximum Gasteiger partial charge on any atom is 0.101 e. The summed E-state index contributed by atoms with van der Waals surface area (Å²) in [5, 5.41) is 2.56. The molecule has 0 aliphatic rings. The van der Waals surface area contributed by atoms with Crippen LogP contribution in [0.1, 0.15) is 51.2 Å². The quantitative estimate of drug-likeness (QED) is 0.304. The first-order valence-corrected chi connectivity index (χ1v) is 11.3. The molecule has 0 amide bonds. The van der Waals surface area contributed by atoms with Gasteiger partial charge in [0.15, 0.2) is 0 Å². The van der Waals surface area contributed by atoms with E-state index in [9.17, 15) is 0 Å². The summed E-state index contributed by atoms with van der Waals surface area (Å²) in [6.07, 6.45) is 6.66. The number of hydrogen-bond donors (Lipinski definition) is 0. The molecule has 0 N–H and O–H groups in total. The minimum Gasteiger partial charge on any atom is -0.373 e. The molecule has 158 valence electrons. The van der Waals surface area contributed by atoms with E-state index in [1.807, 2.05) is 6.08 Å². The topological polar surface area (TPSA) is 12.5 Å². The number of hydrogen-bond acceptors (Lipinski definition) is 2. The van der Waals surface area contributed by atoms with Gasteiger partial charge in [-0.25, -0.2) is 0 Å². The fourth-order valence-corrected chi connectivity index (χ4v) is 4.11. The van der Waals surface area contributed by atoms with Crippen molar-refractivity contribution < 1.29 is 4.74 Å². The zero-order valence-electron chi connectivity index (χ0n) is 18.7. The molecular formula is C28H35NO. The van der Waals surface area contributed by atoms with Gasteiger partial charge < -0.3 is 9.64 Å². The van der Waals surface area contributed by atoms with Crippen LogP contribution in [0.3, 0.4) is 0 Å². The van der Waals surface area contributed by atoms with E-state index in [4.69, 9.17) is 4.74 Å². The zero-order valence-corrected chi connectivity index (χ0v) is 18.7. The van der Waals surface area contributed by atoms with Crippen molar-refractivity contribution in [2.45, 2.75) is 45.6 Å². The second-order valence-corrected chi connectivity index (χ2v) is 7.88. The van der Waals surface area contributed by atoms with Crippen LogP contribution in [-0.4, -0.2) is 20.2 Å². The van der Waals surface area contributed by atoms with Crippen molar-refractivity contribution in [2.24, 2.45) is 0 Å². The number of nitrogens with zero attached hydrogens (tertiary/aromatic N) is 1. The summed E-state index contributed by atoms with van der Waals surface area (Å²) in [6, 6.07) is 22.0. The summed E-state index contributed by atoms with van der Waals surface area (Å²) in [4.78, 5) is 2.55. The molecule has 0 aliphatic carbocycles. The maximum absolute atomic E-state index is 5.66. The Morgan fingerprint density at radius 1 is 0.900 bits per heavy atom. The molecule has 0 bridgehead atoms. The highest BCUT2D eigenvalue weighted by Crippen LogP contribution is 2.36. The molecule has 0 radical (unpaired) electrons. The van der Waals surface area contributed by atoms with Crippen LogP contribution in [0, 0.1) is 0 Å². The van der Waals surface area contributed by atoms with Crippen molar-refractivity contribution >= 4 is 16.5 Å². The van der Waals surface area contributed by atoms with Gasteiger partial charge >= 0.3 is 0 Å². The number of fused-ring (bicyclic) bond motifs is 1. The number of methoxy groups -OCH3 is 1. The number of rotatable bonds is 11. The second-order valence-electron chi connectivity index (χ2n) is 7.88. The lowest BCUT2D eigenvalue weighted by Gasteiger charge is -2.25. The van der Waals surface area contributed by atoms with Crippen LogP contribution in [0.2, 0.25) is 0 Å². The van der Waals surface area contributed by atoms with E-state index in [1.54, 1.807) is 7.11 Å². The Bertz CT molecular complexity index is 954. The Labute approximate surface area is 182 Å². The Hall–Kier alpha value is -2.58. The molecule has 0 fully saturated rings. The molecule has 0 saturated carbocycles. The molecule has 30 heavy (non-hydrogen) atoms. The van der Waals surface area contributed by atoms with Crippen LogP contribution < -0.4 is 4.90 Å². The Morgan fingerprint density at radius 3 is 2.27 bits per heavy atom. The van der Waals surface area contributed by atoms with E-state index >= 15 is 0 Å². The summed E-state index contributed by atoms with van der Waals surface area (Å²) in [5.74, 6) is 0. The number of unbranched alkanes of at least 4 members (excludes halogenated alkanes) is 2. The highest BCUT2D eigenvalue weighted by atomic mass is 16.5. The standard InChI is InChI=1S/C28H35NO/c1-5-8-19-29(20-9-6-2)23-17-18-24-22(21-23)13-12-16-25(24)26-14-10-11-15-27(26)28(7-3)30-4/h7,10-18,21,28H,3,5-6,8-9,19-20H2,1-2,4H3. The minimum atomic E-state index is -0.116. The molecule has 3 aromatic rings. The first kappa shape index (κ1) is 22.1. The Kier molecular flexibility index (Phi) is 8.10. The Balaban J connectivity index is 2.05. The third-order valence-electron chi connectivity index (χ3n) is 5.82. The van der Waals surface area contributed by atoms with E-state index in [2.05, 4.69) is 86.0 Å². The predicted octanol–water partition coefficient (Wildman–Crippen LogP) is 7.79. The molecule has 3 aromatic carbocycles. The van der Waals surface area contributed by atoms with Gasteiger partial charge in [-0.3, -0.25) is 0 Å². The SMILES string of the molecule is C=CC(OC)c1ccccc1-c1cccc2cc(N(CCCC)CCCC)ccc12. The van der Waals surface area contributed by atoms with Gasteiger partial charge in [0.2, 0.25) is 0 Å². The van der Waals surface area contributed by atoms with Gasteiger partial charge in [0.1, 0.15) is 6.10 Å². The van der Waals surface area contributed by atoms with Crippen molar-refractivity contribution in [1.29, 1.82) is 0 Å². The third kappa shape index (κ3) is 4.94. The highest BCUT2D eigenvalue weighted by Gasteiger charge is 2.15. The zero-order chi connectivity index (χ0) is 21.3. The van der Waals surface area contributed by atoms with E-state index < -0.39 is 0 Å². The normalized spacial score (nSPS) is 12.1. The molecular weight excluding hydrogens is 366 g/mol. The van der Waals surface area contributed by atoms with E-state index in [1.165, 1.54) is 53.3 Å². The third-order valence-corrected chi connectivity index (χ3v) is 5.82. The van der Waals surface area contributed by atoms with Crippen molar-refractivity contribution in [3.8, 4) is 11.1 Å². The molecule has 1 atom stereocenters. The highest BCUT2D eigenvalue weighted by molar-refractivity contribution is 5.99. The molecule has 1 unspecified atom stereocenters. The molecule has 3 rings (SSSR count). The lowest BCUT2D eigenvalue weighted by atomic mass is 9.92. The van der Waals surface area contributed by atoms with Crippen molar-refractivity contribution in [1.82, 2.24) is 0 Å². The van der Waals surface area contributed by atoms with Gasteiger partial charge in [0, 0.05) is 25.9 Å². The van der Waals surface area contributed by atoms with E-state index in [0.717, 1.165) is 18.7 Å². The van der Waals surface area contributed by atoms with Gasteiger partial charge in [-0.05, 0) is 52.4 Å². The second kappa shape index (κ2) is 11.0. The van der Waals surface area contributed by atoms with Crippen LogP contribution in [0.4, 0.5) is 5.69 Å². The first-order valence-electron chi connectivity index (χ1n) is 11.3. The fraction of sp³-hybridized carbons (Fsp3) is 0.357. The molecule has 0 aliphatic heterocycles. The molecule has 0 saturated heterocycles. The van der Waals surface area contributed by atoms with Gasteiger partial charge in [0.25, 0.3) is 0 Å². The Morgan fingerprint density at radius 2 is 1.60 bits per heavy atom. The van der Waals surface area contributed by atoms with Crippen LogP contribution >= 0.6 is 0 Å². The van der Waals surface area contributed by atoms with Crippen LogP contribution in [0.5, 0.6) is 0 Å². The molecule has 2 heteroatoms. The lowest BCUT2D eigenvalue weighted by Crippen LogP contribution is -2.25. The fourth-order valence-electron chi connectivity index (χ4n) is 4.11. The summed E-state index contributed by atoms with van der Waals surface area (Å²) < 4.78 is 5.66. The van der Waals surface area contributed by atoms with Crippen LogP contribution in [-0.2, 0) is 4.74 Å². The average Bonchev–Trinajstić information content (AvgIpc) is 2.79. The first-order chi connectivity index (χ1) is 14.7. The molecule has 0 heterocycles. The molecule has 0 spiro atoms. The van der Waals surface area contributed by atoms with Gasteiger partial charge in [0.05, 0.1) is 0 Å². The number of benzene rings is 3. The van der Waals surface area contributed by atoms with Crippen LogP contribution in [0.15, 0.2) is 73.3 Å². The molecule has 0 aromatic heterocycles. The van der Waals surface area contributed by atoms with Gasteiger partial charge in [-0.15, -0.1) is 6.58 Å². The van der Waals surface area contributed by atoms with Gasteiger partial charge in [-0.2, -0.15) is 0 Å². The predicted molar refractivity (Wildman–Crippen MR) is 131 cm³/mol. The number of anilines is 1. The summed E-state index contributed by atoms with van der Waals surface area (Å²) in [5.41, 5.74) is 4.93. The lowest BCUT2D eigenvalue weighted by molar-refractivity contribution is 0.143. The summed E-state index contributed by atoms with van der Waals surface area (Å²) >= 11 is 0. The van der Waals surface area contributed by atoms with Crippen LogP contribution in [0.25, 0.3) is 21.9 Å². The van der Waals surface area contributed by atoms with Crippen molar-refractivity contribution in [2.75, 3.05) is 25.1 Å². The van der Waals surface area contributed by atoms with Crippen molar-refractivity contribution in [3.05, 3.63) is 78.9 Å². The largest absolute Gasteiger partial charge is 0.373 e. The smallest absolute Gasteiger partial charge is 0.101 e. The molecule has 2 nitrogen and oxygen atoms in total. The van der Waals surface area contributed by atoms with E-state index in [0.29, 0.717) is 0 Å². The summed E-state index contributed by atoms with van der Waals surface area (Å²) in [7, 11) is 1.74. The number of ether oxygens (including phenoxy) is 1. The average molecular weight is 402 g/mol.